The van der Waals surface area contributed by atoms with Crippen LogP contribution in [-0.4, -0.2) is 37.0 Å². The van der Waals surface area contributed by atoms with Crippen LogP contribution in [0, 0.1) is 22.7 Å². The second kappa shape index (κ2) is 7.55. The van der Waals surface area contributed by atoms with Crippen molar-refractivity contribution >= 4 is 27.9 Å². The highest BCUT2D eigenvalue weighted by atomic mass is 32.1. The highest BCUT2D eigenvalue weighted by Crippen LogP contribution is 2.28. The molecule has 1 saturated heterocycles. The van der Waals surface area contributed by atoms with Crippen LogP contribution in [-0.2, 0) is 4.74 Å². The topological polar surface area (TPSA) is 97.3 Å². The van der Waals surface area contributed by atoms with Gasteiger partial charge in [0.05, 0.1) is 24.6 Å². The number of ether oxygens (including phenoxy) is 1. The fourth-order valence-electron chi connectivity index (χ4n) is 2.21. The maximum atomic E-state index is 8.64. The van der Waals surface area contributed by atoms with Crippen molar-refractivity contribution in [1.29, 1.82) is 10.5 Å². The molecule has 0 aliphatic carbocycles. The second-order valence-electron chi connectivity index (χ2n) is 4.99. The number of benzene rings is 1. The fraction of sp³-hybridized carbons (Fsp3) is 0.250. The van der Waals surface area contributed by atoms with Crippen LogP contribution >= 0.6 is 11.3 Å². The summed E-state index contributed by atoms with van der Waals surface area (Å²) in [5.74, 6) is 0. The lowest BCUT2D eigenvalue weighted by Crippen LogP contribution is -2.36. The standard InChI is InChI=1S/C16H14N6OS/c17-9-14(10-18)21-20-13-3-1-12(2-4-13)15-11-24-16(19-15)22-5-7-23-8-6-22/h1-4,11,20H,5-8H2. The molecule has 1 fully saturated rings. The Kier molecular flexibility index (Phi) is 5.02. The van der Waals surface area contributed by atoms with E-state index < -0.39 is 0 Å². The molecule has 0 atom stereocenters. The number of hydrogen-bond acceptors (Lipinski definition) is 8. The summed E-state index contributed by atoms with van der Waals surface area (Å²) in [5.41, 5.74) is 5.09. The predicted octanol–water partition coefficient (Wildman–Crippen LogP) is 2.46. The first-order chi connectivity index (χ1) is 11.8. The normalized spacial score (nSPS) is 13.7. The van der Waals surface area contributed by atoms with Crippen molar-refractivity contribution in [2.24, 2.45) is 5.10 Å². The third-order valence-corrected chi connectivity index (χ3v) is 4.36. The molecule has 2 aromatic rings. The zero-order valence-electron chi connectivity index (χ0n) is 12.8. The van der Waals surface area contributed by atoms with Crippen molar-refractivity contribution in [2.75, 3.05) is 36.6 Å². The number of thiazole rings is 1. The molecule has 0 saturated carbocycles. The van der Waals surface area contributed by atoms with Gasteiger partial charge in [-0.1, -0.05) is 12.1 Å². The van der Waals surface area contributed by atoms with Crippen LogP contribution in [0.25, 0.3) is 11.3 Å². The van der Waals surface area contributed by atoms with E-state index in [4.69, 9.17) is 15.3 Å². The first-order valence-corrected chi connectivity index (χ1v) is 8.20. The van der Waals surface area contributed by atoms with E-state index in [1.54, 1.807) is 23.5 Å². The zero-order chi connectivity index (χ0) is 16.8. The summed E-state index contributed by atoms with van der Waals surface area (Å²) in [5, 5.41) is 24.0. The van der Waals surface area contributed by atoms with Gasteiger partial charge in [-0.15, -0.1) is 11.3 Å². The van der Waals surface area contributed by atoms with E-state index in [-0.39, 0.29) is 5.71 Å². The molecule has 0 amide bonds. The highest BCUT2D eigenvalue weighted by Gasteiger charge is 2.15. The number of nitrogens with zero attached hydrogens (tertiary/aromatic N) is 5. The molecule has 1 N–H and O–H groups in total. The quantitative estimate of drug-likeness (QED) is 0.679. The third-order valence-electron chi connectivity index (χ3n) is 3.46. The van der Waals surface area contributed by atoms with E-state index in [0.717, 1.165) is 42.7 Å². The van der Waals surface area contributed by atoms with Gasteiger partial charge in [0.2, 0.25) is 5.71 Å². The van der Waals surface area contributed by atoms with Crippen molar-refractivity contribution in [3.05, 3.63) is 29.6 Å². The lowest BCUT2D eigenvalue weighted by atomic mass is 10.1. The van der Waals surface area contributed by atoms with E-state index in [2.05, 4.69) is 20.4 Å². The van der Waals surface area contributed by atoms with Gasteiger partial charge < -0.3 is 9.64 Å². The maximum absolute atomic E-state index is 8.64. The zero-order valence-corrected chi connectivity index (χ0v) is 13.6. The van der Waals surface area contributed by atoms with Crippen molar-refractivity contribution < 1.29 is 4.74 Å². The Morgan fingerprint density at radius 2 is 1.92 bits per heavy atom. The molecular weight excluding hydrogens is 324 g/mol. The minimum Gasteiger partial charge on any atom is -0.378 e. The smallest absolute Gasteiger partial charge is 0.237 e. The molecule has 24 heavy (non-hydrogen) atoms. The van der Waals surface area contributed by atoms with Crippen molar-refractivity contribution in [3.8, 4) is 23.4 Å². The van der Waals surface area contributed by atoms with Gasteiger partial charge in [0, 0.05) is 24.0 Å². The minimum absolute atomic E-state index is 0.214. The molecule has 1 aromatic carbocycles. The van der Waals surface area contributed by atoms with Crippen LogP contribution in [0.15, 0.2) is 34.7 Å². The molecule has 8 heteroatoms. The molecule has 1 aliphatic heterocycles. The summed E-state index contributed by atoms with van der Waals surface area (Å²) in [6, 6.07) is 10.9. The number of hydrogen-bond donors (Lipinski definition) is 1. The molecule has 2 heterocycles. The molecule has 0 radical (unpaired) electrons. The van der Waals surface area contributed by atoms with Gasteiger partial charge >= 0.3 is 0 Å². The van der Waals surface area contributed by atoms with Crippen molar-refractivity contribution in [2.45, 2.75) is 0 Å². The van der Waals surface area contributed by atoms with Gasteiger partial charge in [0.1, 0.15) is 12.1 Å². The second-order valence-corrected chi connectivity index (χ2v) is 5.82. The average molecular weight is 338 g/mol. The van der Waals surface area contributed by atoms with Gasteiger partial charge in [-0.3, -0.25) is 5.43 Å². The SMILES string of the molecule is N#CC(C#N)=NNc1ccc(-c2csc(N3CCOCC3)n2)cc1. The Morgan fingerprint density at radius 3 is 2.58 bits per heavy atom. The van der Waals surface area contributed by atoms with Crippen LogP contribution in [0.3, 0.4) is 0 Å². The summed E-state index contributed by atoms with van der Waals surface area (Å²) in [6.07, 6.45) is 0. The fourth-order valence-corrected chi connectivity index (χ4v) is 3.10. The maximum Gasteiger partial charge on any atom is 0.237 e. The Labute approximate surface area is 143 Å². The molecule has 1 aromatic heterocycles. The van der Waals surface area contributed by atoms with Crippen LogP contribution in [0.1, 0.15) is 0 Å². The van der Waals surface area contributed by atoms with Crippen molar-refractivity contribution in [1.82, 2.24) is 4.98 Å². The van der Waals surface area contributed by atoms with Gasteiger partial charge in [-0.25, -0.2) is 4.98 Å². The van der Waals surface area contributed by atoms with Crippen LogP contribution < -0.4 is 10.3 Å². The summed E-state index contributed by atoms with van der Waals surface area (Å²) >= 11 is 1.62. The Bertz CT molecular complexity index is 792. The Hall–Kier alpha value is -2.94. The molecule has 3 rings (SSSR count). The molecule has 120 valence electrons. The van der Waals surface area contributed by atoms with E-state index in [0.29, 0.717) is 5.69 Å². The lowest BCUT2D eigenvalue weighted by Gasteiger charge is -2.26. The number of morpholine rings is 1. The van der Waals surface area contributed by atoms with Crippen molar-refractivity contribution in [3.63, 3.8) is 0 Å². The number of nitriles is 2. The highest BCUT2D eigenvalue weighted by molar-refractivity contribution is 7.14. The van der Waals surface area contributed by atoms with E-state index in [1.165, 1.54) is 0 Å². The molecule has 7 nitrogen and oxygen atoms in total. The monoisotopic (exact) mass is 338 g/mol. The van der Waals surface area contributed by atoms with Gasteiger partial charge in [0.15, 0.2) is 5.13 Å². The predicted molar refractivity (Wildman–Crippen MR) is 92.9 cm³/mol. The molecule has 1 aliphatic rings. The first-order valence-electron chi connectivity index (χ1n) is 7.32. The Morgan fingerprint density at radius 1 is 1.21 bits per heavy atom. The first kappa shape index (κ1) is 15.9. The number of hydrazone groups is 1. The minimum atomic E-state index is -0.214. The summed E-state index contributed by atoms with van der Waals surface area (Å²) in [6.45, 7) is 3.22. The van der Waals surface area contributed by atoms with Gasteiger partial charge in [-0.05, 0) is 12.1 Å². The third kappa shape index (κ3) is 3.69. The summed E-state index contributed by atoms with van der Waals surface area (Å²) < 4.78 is 5.36. The lowest BCUT2D eigenvalue weighted by molar-refractivity contribution is 0.122. The number of aromatic nitrogens is 1. The molecule has 0 spiro atoms. The van der Waals surface area contributed by atoms with Gasteiger partial charge in [0.25, 0.3) is 0 Å². The van der Waals surface area contributed by atoms with Crippen LogP contribution in [0.5, 0.6) is 0 Å². The van der Waals surface area contributed by atoms with E-state index in [9.17, 15) is 0 Å². The summed E-state index contributed by atoms with van der Waals surface area (Å²) in [4.78, 5) is 6.92. The van der Waals surface area contributed by atoms with Gasteiger partial charge in [-0.2, -0.15) is 15.6 Å². The Balaban J connectivity index is 1.70. The molecular formula is C16H14N6OS. The van der Waals surface area contributed by atoms with E-state index in [1.807, 2.05) is 29.6 Å². The largest absolute Gasteiger partial charge is 0.378 e. The average Bonchev–Trinajstić information content (AvgIpc) is 3.14. The molecule has 0 unspecified atom stereocenters. The number of rotatable bonds is 4. The molecule has 0 bridgehead atoms. The van der Waals surface area contributed by atoms with Crippen LogP contribution in [0.4, 0.5) is 10.8 Å². The van der Waals surface area contributed by atoms with Crippen LogP contribution in [0.2, 0.25) is 0 Å². The van der Waals surface area contributed by atoms with E-state index >= 15 is 0 Å². The number of nitrogens with one attached hydrogen (secondary N) is 1. The summed E-state index contributed by atoms with van der Waals surface area (Å²) in [7, 11) is 0. The number of anilines is 2.